The molecule has 0 bridgehead atoms. The van der Waals surface area contributed by atoms with E-state index in [0.29, 0.717) is 0 Å². The van der Waals surface area contributed by atoms with Crippen molar-refractivity contribution in [2.45, 2.75) is 19.5 Å². The molecule has 19 heavy (non-hydrogen) atoms. The van der Waals surface area contributed by atoms with Gasteiger partial charge in [-0.15, -0.1) is 0 Å². The highest BCUT2D eigenvalue weighted by atomic mass is 16.3. The molecular weight excluding hydrogens is 236 g/mol. The highest BCUT2D eigenvalue weighted by Gasteiger charge is 2.16. The van der Waals surface area contributed by atoms with E-state index in [1.54, 1.807) is 0 Å². The molecule has 1 N–H and O–H groups in total. The lowest BCUT2D eigenvalue weighted by Gasteiger charge is -2.22. The van der Waals surface area contributed by atoms with Gasteiger partial charge in [-0.2, -0.15) is 0 Å². The van der Waals surface area contributed by atoms with Crippen LogP contribution < -0.4 is 5.32 Å². The van der Waals surface area contributed by atoms with E-state index in [-0.39, 0.29) is 0 Å². The minimum absolute atomic E-state index is 0.857. The van der Waals surface area contributed by atoms with Crippen molar-refractivity contribution in [2.75, 3.05) is 20.1 Å². The van der Waals surface area contributed by atoms with Crippen LogP contribution in [0.4, 0.5) is 0 Å². The molecule has 0 atom stereocenters. The molecule has 100 valence electrons. The number of nitrogens with one attached hydrogen (secondary N) is 1. The van der Waals surface area contributed by atoms with Crippen LogP contribution in [0.15, 0.2) is 40.8 Å². The quantitative estimate of drug-likeness (QED) is 0.853. The van der Waals surface area contributed by atoms with Gasteiger partial charge in [0.25, 0.3) is 0 Å². The Bertz CT molecular complexity index is 585. The van der Waals surface area contributed by atoms with Crippen LogP contribution in [-0.4, -0.2) is 25.0 Å². The van der Waals surface area contributed by atoms with Gasteiger partial charge < -0.3 is 9.73 Å². The fourth-order valence-electron chi connectivity index (χ4n) is 2.68. The van der Waals surface area contributed by atoms with Crippen LogP contribution in [0.5, 0.6) is 0 Å². The molecule has 0 saturated heterocycles. The van der Waals surface area contributed by atoms with Gasteiger partial charge in [0.2, 0.25) is 0 Å². The molecule has 0 spiro atoms. The number of benzene rings is 1. The molecule has 0 saturated carbocycles. The summed E-state index contributed by atoms with van der Waals surface area (Å²) in [5.74, 6) is 1.10. The SMILES string of the molecule is CNCc1c(CN2CC=CCC2)oc2ccccc12. The van der Waals surface area contributed by atoms with Crippen LogP contribution in [0, 0.1) is 0 Å². The Labute approximate surface area is 113 Å². The van der Waals surface area contributed by atoms with E-state index in [2.05, 4.69) is 34.5 Å². The van der Waals surface area contributed by atoms with Crippen LogP contribution in [0.1, 0.15) is 17.7 Å². The zero-order valence-electron chi connectivity index (χ0n) is 11.4. The Morgan fingerprint density at radius 2 is 2.16 bits per heavy atom. The zero-order chi connectivity index (χ0) is 13.1. The summed E-state index contributed by atoms with van der Waals surface area (Å²) in [7, 11) is 1.98. The number of hydrogen-bond acceptors (Lipinski definition) is 3. The summed E-state index contributed by atoms with van der Waals surface area (Å²) < 4.78 is 6.05. The van der Waals surface area contributed by atoms with E-state index < -0.39 is 0 Å². The fourth-order valence-corrected chi connectivity index (χ4v) is 2.68. The second-order valence-corrected chi connectivity index (χ2v) is 5.03. The number of fused-ring (bicyclic) bond motifs is 1. The first-order chi connectivity index (χ1) is 9.38. The summed E-state index contributed by atoms with van der Waals surface area (Å²) in [5.41, 5.74) is 2.29. The standard InChI is InChI=1S/C16H20N2O/c1-17-11-14-13-7-3-4-8-15(13)19-16(14)12-18-9-5-2-6-10-18/h2-5,7-8,17H,6,9-12H2,1H3. The topological polar surface area (TPSA) is 28.4 Å². The van der Waals surface area contributed by atoms with Crippen molar-refractivity contribution in [3.05, 3.63) is 47.7 Å². The summed E-state index contributed by atoms with van der Waals surface area (Å²) in [6.07, 6.45) is 5.63. The molecule has 1 aliphatic heterocycles. The zero-order valence-corrected chi connectivity index (χ0v) is 11.4. The van der Waals surface area contributed by atoms with Gasteiger partial charge in [-0.1, -0.05) is 30.4 Å². The van der Waals surface area contributed by atoms with Gasteiger partial charge in [0.1, 0.15) is 11.3 Å². The predicted molar refractivity (Wildman–Crippen MR) is 78.0 cm³/mol. The van der Waals surface area contributed by atoms with Crippen molar-refractivity contribution in [3.8, 4) is 0 Å². The van der Waals surface area contributed by atoms with Crippen molar-refractivity contribution in [3.63, 3.8) is 0 Å². The average molecular weight is 256 g/mol. The van der Waals surface area contributed by atoms with Crippen molar-refractivity contribution in [1.29, 1.82) is 0 Å². The van der Waals surface area contributed by atoms with Crippen molar-refractivity contribution in [2.24, 2.45) is 0 Å². The number of rotatable bonds is 4. The highest BCUT2D eigenvalue weighted by Crippen LogP contribution is 2.27. The van der Waals surface area contributed by atoms with Crippen LogP contribution in [0.25, 0.3) is 11.0 Å². The first-order valence-electron chi connectivity index (χ1n) is 6.89. The second-order valence-electron chi connectivity index (χ2n) is 5.03. The minimum atomic E-state index is 0.857. The largest absolute Gasteiger partial charge is 0.459 e. The lowest BCUT2D eigenvalue weighted by molar-refractivity contribution is 0.266. The molecule has 2 heterocycles. The molecule has 3 nitrogen and oxygen atoms in total. The van der Waals surface area contributed by atoms with Gasteiger partial charge in [-0.25, -0.2) is 0 Å². The summed E-state index contributed by atoms with van der Waals surface area (Å²) >= 11 is 0. The Hall–Kier alpha value is -1.58. The molecule has 2 aromatic rings. The number of nitrogens with zero attached hydrogens (tertiary/aromatic N) is 1. The molecule has 0 unspecified atom stereocenters. The maximum Gasteiger partial charge on any atom is 0.134 e. The summed E-state index contributed by atoms with van der Waals surface area (Å²) in [6.45, 7) is 3.90. The maximum absolute atomic E-state index is 6.05. The molecule has 3 heteroatoms. The Morgan fingerprint density at radius 1 is 1.26 bits per heavy atom. The van der Waals surface area contributed by atoms with Crippen LogP contribution in [0.2, 0.25) is 0 Å². The van der Waals surface area contributed by atoms with Gasteiger partial charge in [0.15, 0.2) is 0 Å². The molecule has 1 aromatic heterocycles. The monoisotopic (exact) mass is 256 g/mol. The van der Waals surface area contributed by atoms with E-state index in [4.69, 9.17) is 4.42 Å². The fraction of sp³-hybridized carbons (Fsp3) is 0.375. The van der Waals surface area contributed by atoms with Crippen molar-refractivity contribution >= 4 is 11.0 Å². The van der Waals surface area contributed by atoms with Crippen LogP contribution >= 0.6 is 0 Å². The molecule has 0 fully saturated rings. The van der Waals surface area contributed by atoms with Gasteiger partial charge in [-0.05, 0) is 19.5 Å². The molecular formula is C16H20N2O. The smallest absolute Gasteiger partial charge is 0.134 e. The molecule has 3 rings (SSSR count). The Morgan fingerprint density at radius 3 is 2.95 bits per heavy atom. The van der Waals surface area contributed by atoms with E-state index in [1.165, 1.54) is 10.9 Å². The molecule has 0 radical (unpaired) electrons. The summed E-state index contributed by atoms with van der Waals surface area (Å²) in [5, 5.41) is 4.48. The minimum Gasteiger partial charge on any atom is -0.459 e. The normalized spacial score (nSPS) is 16.3. The van der Waals surface area contributed by atoms with E-state index >= 15 is 0 Å². The Kier molecular flexibility index (Phi) is 3.67. The third-order valence-corrected chi connectivity index (χ3v) is 3.64. The van der Waals surface area contributed by atoms with Gasteiger partial charge in [-0.3, -0.25) is 4.90 Å². The number of furan rings is 1. The molecule has 1 aromatic carbocycles. The maximum atomic E-state index is 6.05. The van der Waals surface area contributed by atoms with Gasteiger partial charge in [0, 0.05) is 30.6 Å². The summed E-state index contributed by atoms with van der Waals surface area (Å²) in [6, 6.07) is 8.30. The highest BCUT2D eigenvalue weighted by molar-refractivity contribution is 5.82. The lowest BCUT2D eigenvalue weighted by Crippen LogP contribution is -2.27. The lowest BCUT2D eigenvalue weighted by atomic mass is 10.1. The van der Waals surface area contributed by atoms with Gasteiger partial charge >= 0.3 is 0 Å². The van der Waals surface area contributed by atoms with Crippen LogP contribution in [0.3, 0.4) is 0 Å². The number of para-hydroxylation sites is 1. The van der Waals surface area contributed by atoms with Crippen molar-refractivity contribution < 1.29 is 4.42 Å². The number of hydrogen-bond donors (Lipinski definition) is 1. The molecule has 0 aliphatic carbocycles. The van der Waals surface area contributed by atoms with E-state index in [1.807, 2.05) is 19.2 Å². The van der Waals surface area contributed by atoms with E-state index in [9.17, 15) is 0 Å². The second kappa shape index (κ2) is 5.59. The predicted octanol–water partition coefficient (Wildman–Crippen LogP) is 2.91. The van der Waals surface area contributed by atoms with Gasteiger partial charge in [0.05, 0.1) is 6.54 Å². The molecule has 1 aliphatic rings. The first kappa shape index (κ1) is 12.5. The Balaban J connectivity index is 1.92. The average Bonchev–Trinajstić information content (AvgIpc) is 2.79. The van der Waals surface area contributed by atoms with Crippen molar-refractivity contribution in [1.82, 2.24) is 10.2 Å². The van der Waals surface area contributed by atoms with E-state index in [0.717, 1.165) is 43.9 Å². The summed E-state index contributed by atoms with van der Waals surface area (Å²) in [4.78, 5) is 2.43. The third kappa shape index (κ3) is 2.57. The van der Waals surface area contributed by atoms with Crippen LogP contribution in [-0.2, 0) is 13.1 Å². The third-order valence-electron chi connectivity index (χ3n) is 3.64. The molecule has 0 amide bonds. The first-order valence-corrected chi connectivity index (χ1v) is 6.89.